The summed E-state index contributed by atoms with van der Waals surface area (Å²) in [4.78, 5) is 10.4. The molecule has 0 fully saturated rings. The van der Waals surface area contributed by atoms with Crippen molar-refractivity contribution in [1.29, 1.82) is 0 Å². The lowest BCUT2D eigenvalue weighted by Gasteiger charge is -2.07. The van der Waals surface area contributed by atoms with Crippen LogP contribution in [0.4, 0.5) is 20.2 Å². The lowest BCUT2D eigenvalue weighted by Crippen LogP contribution is -2.22. The third-order valence-corrected chi connectivity index (χ3v) is 1.50. The summed E-state index contributed by atoms with van der Waals surface area (Å²) >= 11 is 0. The topological polar surface area (TPSA) is 81.1 Å². The molecule has 1 aromatic carbocycles. The third kappa shape index (κ3) is 2.32. The number of carbonyl (C=O) groups is 1. The number of carbonyl (C=O) groups excluding carboxylic acids is 1. The smallest absolute Gasteiger partial charge is 0.236 e. The molecule has 0 radical (unpaired) electrons. The molecule has 1 rings (SSSR count). The van der Waals surface area contributed by atoms with E-state index in [0.29, 0.717) is 0 Å². The molecule has 5 N–H and O–H groups in total. The number of amides is 1. The molecule has 1 amide bonds. The molecule has 0 aliphatic rings. The molecule has 0 unspecified atom stereocenters. The largest absolute Gasteiger partial charge is 0.399 e. The molecule has 0 bridgehead atoms. The first kappa shape index (κ1) is 10.2. The second kappa shape index (κ2) is 3.91. The summed E-state index contributed by atoms with van der Waals surface area (Å²) < 4.78 is 26.1. The number of nitrogens with one attached hydrogen (secondary N) is 1. The van der Waals surface area contributed by atoms with Gasteiger partial charge in [-0.3, -0.25) is 4.79 Å². The van der Waals surface area contributed by atoms with Crippen LogP contribution in [-0.4, -0.2) is 12.5 Å². The van der Waals surface area contributed by atoms with E-state index in [1.807, 2.05) is 0 Å². The van der Waals surface area contributed by atoms with Crippen molar-refractivity contribution in [2.24, 2.45) is 5.73 Å². The highest BCUT2D eigenvalue weighted by Crippen LogP contribution is 2.21. The van der Waals surface area contributed by atoms with Crippen LogP contribution in [-0.2, 0) is 4.79 Å². The molecule has 6 heteroatoms. The molecule has 0 spiro atoms. The maximum Gasteiger partial charge on any atom is 0.236 e. The van der Waals surface area contributed by atoms with Crippen LogP contribution >= 0.6 is 0 Å². The fourth-order valence-corrected chi connectivity index (χ4v) is 0.937. The normalized spacial score (nSPS) is 9.86. The number of benzene rings is 1. The standard InChI is InChI=1S/C8H9F2N3O/c9-5-1-4(11)2-6(10)8(5)13-3-7(12)14/h1-2,13H,3,11H2,(H2,12,14). The van der Waals surface area contributed by atoms with E-state index >= 15 is 0 Å². The molecule has 0 saturated heterocycles. The van der Waals surface area contributed by atoms with Crippen LogP contribution in [0.25, 0.3) is 0 Å². The van der Waals surface area contributed by atoms with Gasteiger partial charge >= 0.3 is 0 Å². The van der Waals surface area contributed by atoms with Gasteiger partial charge in [-0.2, -0.15) is 0 Å². The molecule has 0 aliphatic heterocycles. The SMILES string of the molecule is NC(=O)CNc1c(F)cc(N)cc1F. The molecule has 0 aromatic heterocycles. The van der Waals surface area contributed by atoms with E-state index in [1.54, 1.807) is 0 Å². The second-order valence-corrected chi connectivity index (χ2v) is 2.68. The Labute approximate surface area is 78.9 Å². The Bertz CT molecular complexity index is 345. The molecule has 0 heterocycles. The van der Waals surface area contributed by atoms with Gasteiger partial charge in [0, 0.05) is 5.69 Å². The molecular weight excluding hydrogens is 192 g/mol. The van der Waals surface area contributed by atoms with Gasteiger partial charge in [0.25, 0.3) is 0 Å². The Morgan fingerprint density at radius 1 is 1.36 bits per heavy atom. The van der Waals surface area contributed by atoms with E-state index in [-0.39, 0.29) is 12.2 Å². The molecule has 0 aliphatic carbocycles. The van der Waals surface area contributed by atoms with Crippen molar-refractivity contribution in [3.8, 4) is 0 Å². The molecule has 14 heavy (non-hydrogen) atoms. The minimum Gasteiger partial charge on any atom is -0.399 e. The van der Waals surface area contributed by atoms with Crippen molar-refractivity contribution >= 4 is 17.3 Å². The monoisotopic (exact) mass is 201 g/mol. The summed E-state index contributed by atoms with van der Waals surface area (Å²) in [5.74, 6) is -2.42. The van der Waals surface area contributed by atoms with Crippen LogP contribution in [0.2, 0.25) is 0 Å². The van der Waals surface area contributed by atoms with E-state index in [4.69, 9.17) is 11.5 Å². The van der Waals surface area contributed by atoms with E-state index in [0.717, 1.165) is 12.1 Å². The number of nitrogen functional groups attached to an aromatic ring is 1. The fraction of sp³-hybridized carbons (Fsp3) is 0.125. The zero-order valence-corrected chi connectivity index (χ0v) is 7.18. The van der Waals surface area contributed by atoms with E-state index in [1.165, 1.54) is 0 Å². The molecular formula is C8H9F2N3O. The lowest BCUT2D eigenvalue weighted by molar-refractivity contribution is -0.116. The number of rotatable bonds is 3. The van der Waals surface area contributed by atoms with Crippen molar-refractivity contribution in [2.45, 2.75) is 0 Å². The predicted molar refractivity (Wildman–Crippen MR) is 48.5 cm³/mol. The van der Waals surface area contributed by atoms with Gasteiger partial charge in [-0.05, 0) is 12.1 Å². The molecule has 0 atom stereocenters. The zero-order valence-electron chi connectivity index (χ0n) is 7.18. The van der Waals surface area contributed by atoms with Gasteiger partial charge in [0.1, 0.15) is 5.69 Å². The van der Waals surface area contributed by atoms with Crippen molar-refractivity contribution in [3.05, 3.63) is 23.8 Å². The Morgan fingerprint density at radius 2 is 1.86 bits per heavy atom. The first-order valence-corrected chi connectivity index (χ1v) is 3.77. The number of nitrogens with two attached hydrogens (primary N) is 2. The average Bonchev–Trinajstić information content (AvgIpc) is 2.01. The Morgan fingerprint density at radius 3 is 2.29 bits per heavy atom. The molecule has 4 nitrogen and oxygen atoms in total. The first-order chi connectivity index (χ1) is 6.50. The van der Waals surface area contributed by atoms with Gasteiger partial charge in [0.05, 0.1) is 6.54 Å². The summed E-state index contributed by atoms with van der Waals surface area (Å²) in [6.07, 6.45) is 0. The van der Waals surface area contributed by atoms with Gasteiger partial charge in [-0.15, -0.1) is 0 Å². The van der Waals surface area contributed by atoms with Gasteiger partial charge in [0.2, 0.25) is 5.91 Å². The highest BCUT2D eigenvalue weighted by Gasteiger charge is 2.10. The summed E-state index contributed by atoms with van der Waals surface area (Å²) in [7, 11) is 0. The van der Waals surface area contributed by atoms with Crippen LogP contribution in [0.3, 0.4) is 0 Å². The highest BCUT2D eigenvalue weighted by atomic mass is 19.1. The zero-order chi connectivity index (χ0) is 10.7. The first-order valence-electron chi connectivity index (χ1n) is 3.77. The van der Waals surface area contributed by atoms with Crippen LogP contribution in [0.1, 0.15) is 0 Å². The number of primary amides is 1. The number of hydrogen-bond donors (Lipinski definition) is 3. The highest BCUT2D eigenvalue weighted by molar-refractivity contribution is 5.79. The van der Waals surface area contributed by atoms with Crippen molar-refractivity contribution < 1.29 is 13.6 Å². The molecule has 0 saturated carbocycles. The van der Waals surface area contributed by atoms with E-state index < -0.39 is 23.2 Å². The summed E-state index contributed by atoms with van der Waals surface area (Å²) in [6.45, 7) is -0.336. The maximum atomic E-state index is 13.0. The maximum absolute atomic E-state index is 13.0. The van der Waals surface area contributed by atoms with Crippen molar-refractivity contribution in [2.75, 3.05) is 17.6 Å². The van der Waals surface area contributed by atoms with Crippen LogP contribution in [0, 0.1) is 11.6 Å². The third-order valence-electron chi connectivity index (χ3n) is 1.50. The van der Waals surface area contributed by atoms with Crippen LogP contribution in [0.5, 0.6) is 0 Å². The van der Waals surface area contributed by atoms with Crippen LogP contribution < -0.4 is 16.8 Å². The average molecular weight is 201 g/mol. The quantitative estimate of drug-likeness (QED) is 0.621. The number of hydrogen-bond acceptors (Lipinski definition) is 3. The second-order valence-electron chi connectivity index (χ2n) is 2.68. The minimum atomic E-state index is -0.858. The Balaban J connectivity index is 2.91. The Hall–Kier alpha value is -1.85. The fourth-order valence-electron chi connectivity index (χ4n) is 0.937. The van der Waals surface area contributed by atoms with Crippen molar-refractivity contribution in [3.63, 3.8) is 0 Å². The van der Waals surface area contributed by atoms with Crippen molar-refractivity contribution in [1.82, 2.24) is 0 Å². The molecule has 1 aromatic rings. The summed E-state index contributed by atoms with van der Waals surface area (Å²) in [5.41, 5.74) is 9.56. The van der Waals surface area contributed by atoms with Crippen LogP contribution in [0.15, 0.2) is 12.1 Å². The number of halogens is 2. The number of anilines is 2. The van der Waals surface area contributed by atoms with Gasteiger partial charge in [0.15, 0.2) is 11.6 Å². The summed E-state index contributed by atoms with van der Waals surface area (Å²) in [5, 5.41) is 2.23. The Kier molecular flexibility index (Phi) is 2.85. The van der Waals surface area contributed by atoms with E-state index in [9.17, 15) is 13.6 Å². The van der Waals surface area contributed by atoms with Gasteiger partial charge < -0.3 is 16.8 Å². The van der Waals surface area contributed by atoms with E-state index in [2.05, 4.69) is 5.32 Å². The summed E-state index contributed by atoms with van der Waals surface area (Å²) in [6, 6.07) is 1.90. The van der Waals surface area contributed by atoms with Gasteiger partial charge in [-0.25, -0.2) is 8.78 Å². The van der Waals surface area contributed by atoms with Gasteiger partial charge in [-0.1, -0.05) is 0 Å². The lowest BCUT2D eigenvalue weighted by atomic mass is 10.2. The molecule has 76 valence electrons. The predicted octanol–water partition coefficient (Wildman–Crippen LogP) is 0.444. The minimum absolute atomic E-state index is 0.0235.